The quantitative estimate of drug-likeness (QED) is 0.818. The first-order valence-corrected chi connectivity index (χ1v) is 7.30. The SMILES string of the molecule is CCCOc1ccnc(NCCN2CCCCC2)n1. The fourth-order valence-corrected chi connectivity index (χ4v) is 2.22. The number of hydrogen-bond acceptors (Lipinski definition) is 5. The van der Waals surface area contributed by atoms with E-state index in [-0.39, 0.29) is 0 Å². The fraction of sp³-hybridized carbons (Fsp3) is 0.714. The van der Waals surface area contributed by atoms with E-state index >= 15 is 0 Å². The van der Waals surface area contributed by atoms with Crippen molar-refractivity contribution in [2.45, 2.75) is 32.6 Å². The molecule has 5 nitrogen and oxygen atoms in total. The minimum Gasteiger partial charge on any atom is -0.478 e. The number of aromatic nitrogens is 2. The predicted octanol–water partition coefficient (Wildman–Crippen LogP) is 2.16. The number of piperidine rings is 1. The molecule has 0 saturated carbocycles. The van der Waals surface area contributed by atoms with Crippen molar-refractivity contribution >= 4 is 5.95 Å². The Morgan fingerprint density at radius 1 is 1.32 bits per heavy atom. The maximum atomic E-state index is 5.49. The third-order valence-corrected chi connectivity index (χ3v) is 3.24. The second kappa shape index (κ2) is 7.94. The minimum atomic E-state index is 0.650. The fourth-order valence-electron chi connectivity index (χ4n) is 2.22. The van der Waals surface area contributed by atoms with Gasteiger partial charge in [0.15, 0.2) is 0 Å². The Morgan fingerprint density at radius 3 is 2.95 bits per heavy atom. The Morgan fingerprint density at radius 2 is 2.16 bits per heavy atom. The molecule has 0 aromatic carbocycles. The number of ether oxygens (including phenoxy) is 1. The van der Waals surface area contributed by atoms with E-state index < -0.39 is 0 Å². The third-order valence-electron chi connectivity index (χ3n) is 3.24. The first-order valence-electron chi connectivity index (χ1n) is 7.30. The standard InChI is InChI=1S/C14H24N4O/c1-2-12-19-13-6-7-15-14(17-13)16-8-11-18-9-4-3-5-10-18/h6-7H,2-5,8-12H2,1H3,(H,15,16,17). The molecule has 1 aliphatic heterocycles. The maximum absolute atomic E-state index is 5.49. The summed E-state index contributed by atoms with van der Waals surface area (Å²) < 4.78 is 5.49. The molecule has 0 unspecified atom stereocenters. The van der Waals surface area contributed by atoms with Crippen molar-refractivity contribution in [2.75, 3.05) is 38.1 Å². The summed E-state index contributed by atoms with van der Waals surface area (Å²) in [6.45, 7) is 7.17. The van der Waals surface area contributed by atoms with Crippen LogP contribution in [0.5, 0.6) is 5.88 Å². The zero-order valence-corrected chi connectivity index (χ0v) is 11.8. The van der Waals surface area contributed by atoms with E-state index in [4.69, 9.17) is 4.74 Å². The number of likely N-dealkylation sites (tertiary alicyclic amines) is 1. The van der Waals surface area contributed by atoms with E-state index in [1.165, 1.54) is 32.4 Å². The van der Waals surface area contributed by atoms with E-state index in [1.54, 1.807) is 12.3 Å². The van der Waals surface area contributed by atoms with E-state index in [0.29, 0.717) is 18.4 Å². The van der Waals surface area contributed by atoms with Crippen molar-refractivity contribution in [1.29, 1.82) is 0 Å². The minimum absolute atomic E-state index is 0.650. The highest BCUT2D eigenvalue weighted by molar-refractivity contribution is 5.27. The molecular weight excluding hydrogens is 240 g/mol. The number of nitrogens with zero attached hydrogens (tertiary/aromatic N) is 3. The number of rotatable bonds is 7. The lowest BCUT2D eigenvalue weighted by molar-refractivity contribution is 0.237. The van der Waals surface area contributed by atoms with Gasteiger partial charge in [-0.05, 0) is 32.4 Å². The van der Waals surface area contributed by atoms with Gasteiger partial charge in [0, 0.05) is 25.4 Å². The molecular formula is C14H24N4O. The zero-order chi connectivity index (χ0) is 13.3. The molecule has 1 N–H and O–H groups in total. The Labute approximate surface area is 115 Å². The number of nitrogens with one attached hydrogen (secondary N) is 1. The van der Waals surface area contributed by atoms with Crippen LogP contribution < -0.4 is 10.1 Å². The summed E-state index contributed by atoms with van der Waals surface area (Å²) in [5.41, 5.74) is 0. The number of anilines is 1. The summed E-state index contributed by atoms with van der Waals surface area (Å²) in [7, 11) is 0. The summed E-state index contributed by atoms with van der Waals surface area (Å²) in [6.07, 6.45) is 6.76. The highest BCUT2D eigenvalue weighted by atomic mass is 16.5. The Kier molecular flexibility index (Phi) is 5.88. The molecule has 2 heterocycles. The first-order chi connectivity index (χ1) is 9.38. The topological polar surface area (TPSA) is 50.3 Å². The molecule has 0 amide bonds. The molecule has 1 fully saturated rings. The van der Waals surface area contributed by atoms with Gasteiger partial charge in [0.25, 0.3) is 0 Å². The highest BCUT2D eigenvalue weighted by Gasteiger charge is 2.09. The van der Waals surface area contributed by atoms with Gasteiger partial charge in [-0.2, -0.15) is 4.98 Å². The van der Waals surface area contributed by atoms with E-state index in [2.05, 4.69) is 27.1 Å². The van der Waals surface area contributed by atoms with Crippen LogP contribution in [0, 0.1) is 0 Å². The van der Waals surface area contributed by atoms with Crippen molar-refractivity contribution < 1.29 is 4.74 Å². The van der Waals surface area contributed by atoms with Crippen LogP contribution in [0.15, 0.2) is 12.3 Å². The molecule has 1 saturated heterocycles. The molecule has 1 aromatic heterocycles. The van der Waals surface area contributed by atoms with Gasteiger partial charge >= 0.3 is 0 Å². The predicted molar refractivity (Wildman–Crippen MR) is 76.6 cm³/mol. The normalized spacial score (nSPS) is 16.3. The summed E-state index contributed by atoms with van der Waals surface area (Å²) in [5.74, 6) is 1.31. The summed E-state index contributed by atoms with van der Waals surface area (Å²) in [5, 5.41) is 3.26. The second-order valence-corrected chi connectivity index (χ2v) is 4.90. The van der Waals surface area contributed by atoms with Gasteiger partial charge in [0.1, 0.15) is 0 Å². The van der Waals surface area contributed by atoms with Gasteiger partial charge in [-0.15, -0.1) is 0 Å². The van der Waals surface area contributed by atoms with E-state index in [1.807, 2.05) is 0 Å². The van der Waals surface area contributed by atoms with Crippen LogP contribution in [0.2, 0.25) is 0 Å². The monoisotopic (exact) mass is 264 g/mol. The maximum Gasteiger partial charge on any atom is 0.225 e. The first kappa shape index (κ1) is 14.1. The van der Waals surface area contributed by atoms with E-state index in [9.17, 15) is 0 Å². The average Bonchev–Trinajstić information content (AvgIpc) is 2.47. The molecule has 0 radical (unpaired) electrons. The van der Waals surface area contributed by atoms with Gasteiger partial charge in [-0.3, -0.25) is 0 Å². The van der Waals surface area contributed by atoms with Gasteiger partial charge in [0.2, 0.25) is 11.8 Å². The Balaban J connectivity index is 1.72. The van der Waals surface area contributed by atoms with Gasteiger partial charge < -0.3 is 15.0 Å². The van der Waals surface area contributed by atoms with Crippen molar-refractivity contribution in [2.24, 2.45) is 0 Å². The second-order valence-electron chi connectivity index (χ2n) is 4.90. The molecule has 0 bridgehead atoms. The van der Waals surface area contributed by atoms with Crippen LogP contribution >= 0.6 is 0 Å². The van der Waals surface area contributed by atoms with Crippen molar-refractivity contribution in [3.05, 3.63) is 12.3 Å². The molecule has 2 rings (SSSR count). The molecule has 1 aliphatic rings. The van der Waals surface area contributed by atoms with Crippen molar-refractivity contribution in [3.63, 3.8) is 0 Å². The van der Waals surface area contributed by atoms with Crippen LogP contribution in [0.25, 0.3) is 0 Å². The van der Waals surface area contributed by atoms with Crippen LogP contribution in [0.1, 0.15) is 32.6 Å². The molecule has 0 spiro atoms. The van der Waals surface area contributed by atoms with Gasteiger partial charge in [-0.1, -0.05) is 13.3 Å². The molecule has 106 valence electrons. The summed E-state index contributed by atoms with van der Waals surface area (Å²) >= 11 is 0. The van der Waals surface area contributed by atoms with Crippen LogP contribution in [-0.2, 0) is 0 Å². The summed E-state index contributed by atoms with van der Waals surface area (Å²) in [4.78, 5) is 11.0. The largest absolute Gasteiger partial charge is 0.478 e. The average molecular weight is 264 g/mol. The highest BCUT2D eigenvalue weighted by Crippen LogP contribution is 2.10. The van der Waals surface area contributed by atoms with Gasteiger partial charge in [0.05, 0.1) is 6.61 Å². The van der Waals surface area contributed by atoms with Gasteiger partial charge in [-0.25, -0.2) is 4.98 Å². The third kappa shape index (κ3) is 5.03. The Bertz CT molecular complexity index is 366. The molecule has 0 aliphatic carbocycles. The molecule has 5 heteroatoms. The van der Waals surface area contributed by atoms with Crippen molar-refractivity contribution in [1.82, 2.24) is 14.9 Å². The molecule has 0 atom stereocenters. The smallest absolute Gasteiger partial charge is 0.225 e. The number of hydrogen-bond donors (Lipinski definition) is 1. The van der Waals surface area contributed by atoms with Crippen molar-refractivity contribution in [3.8, 4) is 5.88 Å². The Hall–Kier alpha value is -1.36. The lowest BCUT2D eigenvalue weighted by atomic mass is 10.1. The lowest BCUT2D eigenvalue weighted by Crippen LogP contribution is -2.33. The summed E-state index contributed by atoms with van der Waals surface area (Å²) in [6, 6.07) is 1.80. The zero-order valence-electron chi connectivity index (χ0n) is 11.8. The lowest BCUT2D eigenvalue weighted by Gasteiger charge is -2.26. The molecule has 19 heavy (non-hydrogen) atoms. The van der Waals surface area contributed by atoms with Crippen LogP contribution in [-0.4, -0.2) is 47.7 Å². The van der Waals surface area contributed by atoms with Crippen LogP contribution in [0.4, 0.5) is 5.95 Å². The van der Waals surface area contributed by atoms with Crippen LogP contribution in [0.3, 0.4) is 0 Å². The molecule has 1 aromatic rings. The van der Waals surface area contributed by atoms with E-state index in [0.717, 1.165) is 19.5 Å².